The van der Waals surface area contributed by atoms with Crippen LogP contribution in [-0.4, -0.2) is 61.6 Å². The number of nitrogens with zero attached hydrogens (tertiary/aromatic N) is 2. The van der Waals surface area contributed by atoms with E-state index in [1.165, 1.54) is 30.5 Å². The minimum Gasteiger partial charge on any atom is -0.497 e. The third kappa shape index (κ3) is 6.48. The predicted octanol–water partition coefficient (Wildman–Crippen LogP) is 1.07. The average Bonchev–Trinajstić information content (AvgIpc) is 3.12. The molecule has 0 spiro atoms. The summed E-state index contributed by atoms with van der Waals surface area (Å²) in [7, 11) is -2.05. The molecule has 11 nitrogen and oxygen atoms in total. The second kappa shape index (κ2) is 10.9. The van der Waals surface area contributed by atoms with E-state index in [0.717, 1.165) is 5.56 Å². The Balaban J connectivity index is 1.81. The van der Waals surface area contributed by atoms with E-state index in [1.807, 2.05) is 5.32 Å². The fourth-order valence-corrected chi connectivity index (χ4v) is 3.91. The van der Waals surface area contributed by atoms with Gasteiger partial charge in [0.25, 0.3) is 5.91 Å². The molecule has 1 atom stereocenters. The number of carbonyl (C=O) groups is 3. The second-order valence-electron chi connectivity index (χ2n) is 7.92. The van der Waals surface area contributed by atoms with Crippen molar-refractivity contribution in [3.05, 3.63) is 53.3 Å². The number of carbonyl (C=O) groups excluding carboxylic acids is 3. The van der Waals surface area contributed by atoms with Gasteiger partial charge in [0.05, 0.1) is 30.8 Å². The number of rotatable bonds is 8. The maximum atomic E-state index is 12.9. The monoisotopic (exact) mass is 499 g/mol. The van der Waals surface area contributed by atoms with Crippen LogP contribution in [0.5, 0.6) is 5.75 Å². The van der Waals surface area contributed by atoms with Crippen LogP contribution >= 0.6 is 0 Å². The van der Waals surface area contributed by atoms with Gasteiger partial charge in [-0.05, 0) is 37.6 Å². The van der Waals surface area contributed by atoms with Crippen molar-refractivity contribution in [2.24, 2.45) is 0 Å². The SMILES string of the molecule is COc1ccc2c(c1)C(=O)N(C[C@@H](C#Cc1cncc(NS(=O)(=O)C(C)C)c1)NC(=O)NC=O)C2. The number of urea groups is 1. The molecular weight excluding hydrogens is 474 g/mol. The Morgan fingerprint density at radius 1 is 1.29 bits per heavy atom. The van der Waals surface area contributed by atoms with Crippen LogP contribution in [0.4, 0.5) is 10.5 Å². The van der Waals surface area contributed by atoms with Crippen LogP contribution in [0.25, 0.3) is 0 Å². The number of fused-ring (bicyclic) bond motifs is 1. The molecule has 1 aliphatic rings. The molecule has 0 saturated heterocycles. The average molecular weight is 500 g/mol. The largest absolute Gasteiger partial charge is 0.497 e. The number of amides is 4. The van der Waals surface area contributed by atoms with E-state index in [1.54, 1.807) is 32.0 Å². The van der Waals surface area contributed by atoms with Gasteiger partial charge >= 0.3 is 6.03 Å². The zero-order valence-electron chi connectivity index (χ0n) is 19.4. The highest BCUT2D eigenvalue weighted by Crippen LogP contribution is 2.26. The van der Waals surface area contributed by atoms with Gasteiger partial charge in [-0.15, -0.1) is 0 Å². The molecule has 0 saturated carbocycles. The molecule has 3 rings (SSSR count). The zero-order chi connectivity index (χ0) is 25.6. The molecule has 0 unspecified atom stereocenters. The number of hydrogen-bond acceptors (Lipinski definition) is 7. The summed E-state index contributed by atoms with van der Waals surface area (Å²) in [5.74, 6) is 6.02. The third-order valence-electron chi connectivity index (χ3n) is 5.10. The number of hydrogen-bond donors (Lipinski definition) is 3. The number of nitrogens with one attached hydrogen (secondary N) is 3. The van der Waals surface area contributed by atoms with Gasteiger partial charge in [-0.1, -0.05) is 17.9 Å². The highest BCUT2D eigenvalue weighted by atomic mass is 32.2. The standard InChI is InChI=1S/C23H25N5O6S/c1-15(2)35(32,33)27-19-8-16(10-24-11-19)4-6-18(26-23(31)25-14-29)13-28-12-17-5-7-20(34-3)9-21(17)22(28)30/h5,7-11,14-15,18,27H,12-13H2,1-3H3,(H2,25,26,29,31)/t18-/m1/s1. The Bertz CT molecular complexity index is 1300. The molecule has 2 aromatic rings. The van der Waals surface area contributed by atoms with Crippen LogP contribution in [0.2, 0.25) is 0 Å². The Hall–Kier alpha value is -4.11. The lowest BCUT2D eigenvalue weighted by atomic mass is 10.1. The van der Waals surface area contributed by atoms with Crippen molar-refractivity contribution in [1.29, 1.82) is 0 Å². The number of imide groups is 1. The van der Waals surface area contributed by atoms with E-state index >= 15 is 0 Å². The fraction of sp³-hybridized carbons (Fsp3) is 0.304. The van der Waals surface area contributed by atoms with E-state index in [4.69, 9.17) is 4.74 Å². The molecule has 2 heterocycles. The first kappa shape index (κ1) is 25.5. The molecule has 0 aliphatic carbocycles. The summed E-state index contributed by atoms with van der Waals surface area (Å²) in [6.45, 7) is 3.46. The minimum atomic E-state index is -3.56. The number of benzene rings is 1. The van der Waals surface area contributed by atoms with Gasteiger partial charge in [-0.2, -0.15) is 0 Å². The zero-order valence-corrected chi connectivity index (χ0v) is 20.2. The lowest BCUT2D eigenvalue weighted by Crippen LogP contribution is -2.46. The van der Waals surface area contributed by atoms with Gasteiger partial charge in [0, 0.05) is 23.9 Å². The van der Waals surface area contributed by atoms with Crippen LogP contribution in [0.3, 0.4) is 0 Å². The lowest BCUT2D eigenvalue weighted by molar-refractivity contribution is -0.108. The Morgan fingerprint density at radius 2 is 2.06 bits per heavy atom. The normalized spacial score (nSPS) is 13.4. The Morgan fingerprint density at radius 3 is 2.74 bits per heavy atom. The summed E-state index contributed by atoms with van der Waals surface area (Å²) in [5, 5.41) is 3.89. The molecule has 1 aromatic heterocycles. The van der Waals surface area contributed by atoms with Gasteiger partial charge in [0.2, 0.25) is 16.4 Å². The minimum absolute atomic E-state index is 0.0439. The van der Waals surface area contributed by atoms with Crippen molar-refractivity contribution in [3.8, 4) is 17.6 Å². The number of aromatic nitrogens is 1. The Labute approximate surface area is 203 Å². The number of methoxy groups -OCH3 is 1. The van der Waals surface area contributed by atoms with E-state index in [-0.39, 0.29) is 24.5 Å². The van der Waals surface area contributed by atoms with Crippen molar-refractivity contribution >= 4 is 34.1 Å². The highest BCUT2D eigenvalue weighted by molar-refractivity contribution is 7.93. The van der Waals surface area contributed by atoms with Gasteiger partial charge < -0.3 is 15.0 Å². The van der Waals surface area contributed by atoms with Crippen LogP contribution in [-0.2, 0) is 21.4 Å². The van der Waals surface area contributed by atoms with Crippen LogP contribution in [0.1, 0.15) is 35.3 Å². The number of pyridine rings is 1. The molecule has 12 heteroatoms. The molecule has 3 N–H and O–H groups in total. The van der Waals surface area contributed by atoms with E-state index in [2.05, 4.69) is 26.9 Å². The van der Waals surface area contributed by atoms with Crippen molar-refractivity contribution in [2.75, 3.05) is 18.4 Å². The van der Waals surface area contributed by atoms with Gasteiger partial charge in [0.1, 0.15) is 11.8 Å². The van der Waals surface area contributed by atoms with Crippen LogP contribution in [0, 0.1) is 11.8 Å². The van der Waals surface area contributed by atoms with E-state index in [0.29, 0.717) is 23.4 Å². The maximum absolute atomic E-state index is 12.9. The third-order valence-corrected chi connectivity index (χ3v) is 6.87. The lowest BCUT2D eigenvalue weighted by Gasteiger charge is -2.21. The van der Waals surface area contributed by atoms with Crippen molar-refractivity contribution < 1.29 is 27.5 Å². The summed E-state index contributed by atoms with van der Waals surface area (Å²) >= 11 is 0. The first-order valence-corrected chi connectivity index (χ1v) is 12.1. The quantitative estimate of drug-likeness (QED) is 0.364. The summed E-state index contributed by atoms with van der Waals surface area (Å²) in [6, 6.07) is 5.10. The van der Waals surface area contributed by atoms with Gasteiger partial charge in [0.15, 0.2) is 0 Å². The van der Waals surface area contributed by atoms with Crippen molar-refractivity contribution in [3.63, 3.8) is 0 Å². The molecule has 4 amide bonds. The molecule has 35 heavy (non-hydrogen) atoms. The molecule has 0 radical (unpaired) electrons. The molecule has 0 fully saturated rings. The van der Waals surface area contributed by atoms with Gasteiger partial charge in [-0.3, -0.25) is 24.6 Å². The summed E-state index contributed by atoms with van der Waals surface area (Å²) in [5.41, 5.74) is 1.95. The van der Waals surface area contributed by atoms with E-state index in [9.17, 15) is 22.8 Å². The molecule has 184 valence electrons. The first-order chi connectivity index (χ1) is 16.6. The smallest absolute Gasteiger partial charge is 0.322 e. The van der Waals surface area contributed by atoms with Crippen LogP contribution < -0.4 is 20.1 Å². The number of ether oxygens (including phenoxy) is 1. The second-order valence-corrected chi connectivity index (χ2v) is 10.2. The summed E-state index contributed by atoms with van der Waals surface area (Å²) in [6.07, 6.45) is 3.02. The van der Waals surface area contributed by atoms with Gasteiger partial charge in [-0.25, -0.2) is 13.2 Å². The summed E-state index contributed by atoms with van der Waals surface area (Å²) < 4.78 is 31.9. The molecule has 1 aromatic carbocycles. The molecule has 0 bridgehead atoms. The topological polar surface area (TPSA) is 147 Å². The first-order valence-electron chi connectivity index (χ1n) is 10.6. The Kier molecular flexibility index (Phi) is 7.93. The highest BCUT2D eigenvalue weighted by Gasteiger charge is 2.29. The van der Waals surface area contributed by atoms with Crippen molar-refractivity contribution in [2.45, 2.75) is 31.7 Å². The predicted molar refractivity (Wildman–Crippen MR) is 128 cm³/mol. The van der Waals surface area contributed by atoms with Crippen molar-refractivity contribution in [1.82, 2.24) is 20.5 Å². The van der Waals surface area contributed by atoms with Crippen LogP contribution in [0.15, 0.2) is 36.7 Å². The molecule has 1 aliphatic heterocycles. The fourth-order valence-electron chi connectivity index (χ4n) is 3.23. The number of anilines is 1. The summed E-state index contributed by atoms with van der Waals surface area (Å²) in [4.78, 5) is 41.0. The molecular formula is C23H25N5O6S. The van der Waals surface area contributed by atoms with E-state index < -0.39 is 27.3 Å². The maximum Gasteiger partial charge on any atom is 0.322 e. The number of sulfonamides is 1.